The fourth-order valence-corrected chi connectivity index (χ4v) is 9.83. The molecule has 0 radical (unpaired) electrons. The Bertz CT molecular complexity index is 3220. The number of benzene rings is 9. The van der Waals surface area contributed by atoms with E-state index in [0.717, 1.165) is 38.6 Å². The Morgan fingerprint density at radius 3 is 1.51 bits per heavy atom. The summed E-state index contributed by atoms with van der Waals surface area (Å²) in [4.78, 5) is 15.2. The topological polar surface area (TPSA) is 38.7 Å². The van der Waals surface area contributed by atoms with Crippen molar-refractivity contribution >= 4 is 10.8 Å². The van der Waals surface area contributed by atoms with Crippen molar-refractivity contribution < 1.29 is 0 Å². The molecule has 0 saturated heterocycles. The summed E-state index contributed by atoms with van der Waals surface area (Å²) in [6.07, 6.45) is 0. The number of aromatic nitrogens is 3. The zero-order valence-electron chi connectivity index (χ0n) is 32.0. The smallest absolute Gasteiger partial charge is 0.164 e. The van der Waals surface area contributed by atoms with Crippen molar-refractivity contribution in [2.45, 2.75) is 5.41 Å². The summed E-state index contributed by atoms with van der Waals surface area (Å²) in [7, 11) is 0. The van der Waals surface area contributed by atoms with Crippen LogP contribution < -0.4 is 0 Å². The minimum absolute atomic E-state index is 0.363. The highest BCUT2D eigenvalue weighted by molar-refractivity contribution is 6.00. The minimum atomic E-state index is -0.363. The molecule has 0 saturated carbocycles. The molecule has 1 aromatic heterocycles. The van der Waals surface area contributed by atoms with Crippen LogP contribution in [0.2, 0.25) is 0 Å². The van der Waals surface area contributed by atoms with Crippen LogP contribution in [-0.2, 0) is 5.41 Å². The maximum absolute atomic E-state index is 5.13. The molecule has 2 aliphatic carbocycles. The summed E-state index contributed by atoms with van der Waals surface area (Å²) < 4.78 is 0. The Kier molecular flexibility index (Phi) is 7.45. The van der Waals surface area contributed by atoms with Crippen molar-refractivity contribution in [1.82, 2.24) is 15.0 Å². The average molecular weight is 750 g/mol. The Morgan fingerprint density at radius 1 is 0.271 bits per heavy atom. The zero-order chi connectivity index (χ0) is 38.9. The van der Waals surface area contributed by atoms with Gasteiger partial charge in [-0.2, -0.15) is 0 Å². The number of hydrogen-bond donors (Lipinski definition) is 0. The summed E-state index contributed by atoms with van der Waals surface area (Å²) in [6, 6.07) is 76.3. The van der Waals surface area contributed by atoms with Gasteiger partial charge in [0.1, 0.15) is 0 Å². The Hall–Kier alpha value is -7.75. The normalized spacial score (nSPS) is 12.9. The molecule has 0 atom stereocenters. The van der Waals surface area contributed by atoms with E-state index in [1.165, 1.54) is 55.6 Å². The molecule has 0 fully saturated rings. The van der Waals surface area contributed by atoms with Gasteiger partial charge in [0.15, 0.2) is 17.5 Å². The van der Waals surface area contributed by atoms with E-state index in [-0.39, 0.29) is 5.41 Å². The Balaban J connectivity index is 0.956. The van der Waals surface area contributed by atoms with Crippen molar-refractivity contribution in [1.29, 1.82) is 0 Å². The molecule has 1 spiro atoms. The number of rotatable bonds is 5. The van der Waals surface area contributed by atoms with Crippen LogP contribution in [0.15, 0.2) is 212 Å². The van der Waals surface area contributed by atoms with Crippen molar-refractivity contribution in [3.8, 4) is 78.7 Å². The van der Waals surface area contributed by atoms with Gasteiger partial charge in [-0.3, -0.25) is 0 Å². The molecule has 0 bridgehead atoms. The van der Waals surface area contributed by atoms with Gasteiger partial charge in [0.05, 0.1) is 5.41 Å². The van der Waals surface area contributed by atoms with Crippen LogP contribution in [0.3, 0.4) is 0 Å². The molecule has 0 N–H and O–H groups in total. The van der Waals surface area contributed by atoms with E-state index in [2.05, 4.69) is 194 Å². The minimum Gasteiger partial charge on any atom is -0.208 e. The van der Waals surface area contributed by atoms with Crippen molar-refractivity contribution in [2.75, 3.05) is 0 Å². The highest BCUT2D eigenvalue weighted by atomic mass is 15.0. The van der Waals surface area contributed by atoms with Crippen LogP contribution in [0.25, 0.3) is 89.4 Å². The van der Waals surface area contributed by atoms with Gasteiger partial charge in [-0.15, -0.1) is 0 Å². The van der Waals surface area contributed by atoms with Crippen molar-refractivity contribution in [3.05, 3.63) is 235 Å². The van der Waals surface area contributed by atoms with E-state index < -0.39 is 0 Å². The van der Waals surface area contributed by atoms with E-state index in [9.17, 15) is 0 Å². The quantitative estimate of drug-likeness (QED) is 0.176. The summed E-state index contributed by atoms with van der Waals surface area (Å²) in [5, 5.41) is 2.26. The molecule has 2 aliphatic rings. The standard InChI is InChI=1S/C56H35N3/c1-2-16-39(17-3-1)53-57-54(59-55(58-53)46-26-13-18-37-15-4-5-21-42(37)46)41-20-12-19-40(35-41)36-31-33-38(34-32-36)43-25-14-30-51-52(43)47-24-8-11-29-50(47)56(51)48-27-9-6-22-44(48)45-23-7-10-28-49(45)56/h1-35H. The van der Waals surface area contributed by atoms with Gasteiger partial charge in [0, 0.05) is 16.7 Å². The molecule has 3 nitrogen and oxygen atoms in total. The van der Waals surface area contributed by atoms with Gasteiger partial charge >= 0.3 is 0 Å². The lowest BCUT2D eigenvalue weighted by Crippen LogP contribution is -2.25. The second-order valence-corrected chi connectivity index (χ2v) is 15.5. The third-order valence-corrected chi connectivity index (χ3v) is 12.4. The van der Waals surface area contributed by atoms with Crippen LogP contribution in [0.1, 0.15) is 22.3 Å². The summed E-state index contributed by atoms with van der Waals surface area (Å²) in [6.45, 7) is 0. The van der Waals surface area contributed by atoms with Gasteiger partial charge in [-0.1, -0.05) is 206 Å². The van der Waals surface area contributed by atoms with Crippen LogP contribution in [0.4, 0.5) is 0 Å². The summed E-state index contributed by atoms with van der Waals surface area (Å²) >= 11 is 0. The van der Waals surface area contributed by atoms with E-state index >= 15 is 0 Å². The van der Waals surface area contributed by atoms with Gasteiger partial charge in [-0.05, 0) is 83.6 Å². The van der Waals surface area contributed by atoms with Crippen LogP contribution in [-0.4, -0.2) is 15.0 Å². The first-order valence-electron chi connectivity index (χ1n) is 20.2. The van der Waals surface area contributed by atoms with E-state index in [4.69, 9.17) is 15.0 Å². The molecule has 0 aliphatic heterocycles. The molecule has 0 amide bonds. The number of hydrogen-bond acceptors (Lipinski definition) is 3. The van der Waals surface area contributed by atoms with Crippen LogP contribution in [0.5, 0.6) is 0 Å². The zero-order valence-corrected chi connectivity index (χ0v) is 32.0. The highest BCUT2D eigenvalue weighted by Gasteiger charge is 2.51. The highest BCUT2D eigenvalue weighted by Crippen LogP contribution is 2.63. The first-order valence-corrected chi connectivity index (χ1v) is 20.2. The molecular weight excluding hydrogens is 715 g/mol. The lowest BCUT2D eigenvalue weighted by molar-refractivity contribution is 0.794. The molecule has 10 aromatic rings. The van der Waals surface area contributed by atoms with Crippen molar-refractivity contribution in [3.63, 3.8) is 0 Å². The first-order chi connectivity index (χ1) is 29.3. The molecule has 3 heteroatoms. The third-order valence-electron chi connectivity index (χ3n) is 12.4. The Labute approximate surface area is 343 Å². The molecule has 274 valence electrons. The number of fused-ring (bicyclic) bond motifs is 11. The molecule has 12 rings (SSSR count). The maximum Gasteiger partial charge on any atom is 0.164 e. The molecule has 1 heterocycles. The fraction of sp³-hybridized carbons (Fsp3) is 0.0179. The fourth-order valence-electron chi connectivity index (χ4n) is 9.83. The van der Waals surface area contributed by atoms with E-state index in [1.54, 1.807) is 0 Å². The van der Waals surface area contributed by atoms with E-state index in [0.29, 0.717) is 17.5 Å². The van der Waals surface area contributed by atoms with Gasteiger partial charge in [-0.25, -0.2) is 15.0 Å². The Morgan fingerprint density at radius 2 is 0.746 bits per heavy atom. The third kappa shape index (κ3) is 5.05. The molecule has 9 aromatic carbocycles. The van der Waals surface area contributed by atoms with Crippen LogP contribution in [0, 0.1) is 0 Å². The van der Waals surface area contributed by atoms with Crippen molar-refractivity contribution in [2.24, 2.45) is 0 Å². The largest absolute Gasteiger partial charge is 0.208 e. The predicted molar refractivity (Wildman–Crippen MR) is 241 cm³/mol. The van der Waals surface area contributed by atoms with Gasteiger partial charge in [0.2, 0.25) is 0 Å². The second-order valence-electron chi connectivity index (χ2n) is 15.5. The van der Waals surface area contributed by atoms with E-state index in [1.807, 2.05) is 18.2 Å². The first kappa shape index (κ1) is 33.4. The average Bonchev–Trinajstić information content (AvgIpc) is 3.79. The molecule has 59 heavy (non-hydrogen) atoms. The molecular formula is C56H35N3. The molecule has 0 unspecified atom stereocenters. The van der Waals surface area contributed by atoms with Crippen LogP contribution >= 0.6 is 0 Å². The number of nitrogens with zero attached hydrogens (tertiary/aromatic N) is 3. The maximum atomic E-state index is 5.13. The SMILES string of the molecule is c1ccc(-c2nc(-c3cccc(-c4ccc(-c5cccc6c5-c5ccccc5C65c6ccccc6-c6ccccc65)cc4)c3)nc(-c3cccc4ccccc34)n2)cc1. The second kappa shape index (κ2) is 13.2. The summed E-state index contributed by atoms with van der Waals surface area (Å²) in [5.74, 6) is 1.95. The monoisotopic (exact) mass is 749 g/mol. The van der Waals surface area contributed by atoms with Gasteiger partial charge < -0.3 is 0 Å². The van der Waals surface area contributed by atoms with Gasteiger partial charge in [0.25, 0.3) is 0 Å². The summed E-state index contributed by atoms with van der Waals surface area (Å²) in [5.41, 5.74) is 17.9. The predicted octanol–water partition coefficient (Wildman–Crippen LogP) is 13.7. The lowest BCUT2D eigenvalue weighted by Gasteiger charge is -2.30. The lowest BCUT2D eigenvalue weighted by atomic mass is 9.70.